The van der Waals surface area contributed by atoms with Crippen molar-refractivity contribution in [2.45, 2.75) is 13.1 Å². The Balaban J connectivity index is 0.00000220. The molecule has 0 aromatic heterocycles. The minimum absolute atomic E-state index is 0. The number of hydrogen-bond acceptors (Lipinski definition) is 3. The van der Waals surface area contributed by atoms with Gasteiger partial charge in [-0.3, -0.25) is 4.79 Å². The van der Waals surface area contributed by atoms with Gasteiger partial charge in [0.25, 0.3) is 0 Å². The van der Waals surface area contributed by atoms with Gasteiger partial charge < -0.3 is 11.5 Å². The molecule has 2 aromatic rings. The number of halogens is 3. The summed E-state index contributed by atoms with van der Waals surface area (Å²) >= 11 is 12.2. The summed E-state index contributed by atoms with van der Waals surface area (Å²) in [4.78, 5) is 12.7. The molecule has 0 saturated carbocycles. The van der Waals surface area contributed by atoms with E-state index in [0.717, 1.165) is 0 Å². The van der Waals surface area contributed by atoms with Gasteiger partial charge in [0.05, 0.1) is 0 Å². The fraction of sp³-hybridized carbons (Fsp3) is 0.133. The number of carbonyl (C=O) groups is 1. The first kappa shape index (κ1) is 18.0. The summed E-state index contributed by atoms with van der Waals surface area (Å²) in [6.07, 6.45) is 0. The highest BCUT2D eigenvalue weighted by atomic mass is 35.5. The second-order valence-corrected chi connectivity index (χ2v) is 5.08. The highest BCUT2D eigenvalue weighted by molar-refractivity contribution is 6.33. The Hall–Kier alpha value is -1.10. The Kier molecular flexibility index (Phi) is 6.65. The lowest BCUT2D eigenvalue weighted by atomic mass is 9.95. The summed E-state index contributed by atoms with van der Waals surface area (Å²) in [5, 5.41) is 0.962. The molecule has 0 spiro atoms. The van der Waals surface area contributed by atoms with Gasteiger partial charge in [0.1, 0.15) is 0 Å². The second-order valence-electron chi connectivity index (χ2n) is 4.27. The summed E-state index contributed by atoms with van der Waals surface area (Å²) in [7, 11) is 0. The molecule has 6 heteroatoms. The molecule has 0 radical (unpaired) electrons. The van der Waals surface area contributed by atoms with Crippen molar-refractivity contribution in [2.75, 3.05) is 0 Å². The minimum Gasteiger partial charge on any atom is -0.326 e. The van der Waals surface area contributed by atoms with Crippen LogP contribution in [0.2, 0.25) is 10.0 Å². The van der Waals surface area contributed by atoms with Crippen LogP contribution in [0.5, 0.6) is 0 Å². The molecule has 2 rings (SSSR count). The normalized spacial score (nSPS) is 10.1. The smallest absolute Gasteiger partial charge is 0.193 e. The van der Waals surface area contributed by atoms with Gasteiger partial charge in [-0.1, -0.05) is 47.5 Å². The molecule has 0 fully saturated rings. The molecule has 0 bridgehead atoms. The van der Waals surface area contributed by atoms with Crippen LogP contribution >= 0.6 is 35.6 Å². The molecule has 0 heterocycles. The van der Waals surface area contributed by atoms with Gasteiger partial charge in [-0.05, 0) is 23.3 Å². The van der Waals surface area contributed by atoms with Gasteiger partial charge in [0.15, 0.2) is 5.78 Å². The lowest BCUT2D eigenvalue weighted by molar-refractivity contribution is 0.103. The molecule has 21 heavy (non-hydrogen) atoms. The molecule has 112 valence electrons. The quantitative estimate of drug-likeness (QED) is 0.832. The van der Waals surface area contributed by atoms with Crippen molar-refractivity contribution in [3.05, 3.63) is 68.7 Å². The van der Waals surface area contributed by atoms with Crippen LogP contribution in [0.4, 0.5) is 0 Å². The maximum Gasteiger partial charge on any atom is 0.193 e. The topological polar surface area (TPSA) is 69.1 Å². The van der Waals surface area contributed by atoms with Crippen LogP contribution in [0, 0.1) is 0 Å². The first-order valence-corrected chi connectivity index (χ1v) is 6.85. The highest BCUT2D eigenvalue weighted by Gasteiger charge is 2.18. The predicted octanol–water partition coefficient (Wildman–Crippen LogP) is 3.56. The molecule has 0 aliphatic rings. The van der Waals surface area contributed by atoms with Crippen LogP contribution in [0.15, 0.2) is 36.4 Å². The monoisotopic (exact) mass is 344 g/mol. The zero-order valence-electron chi connectivity index (χ0n) is 11.1. The standard InChI is InChI=1S/C15H14Cl2N2O.ClH/c16-13-5-1-3-9(11(13)7-18)15(20)10-4-2-6-14(17)12(10)8-19;/h1-6H,7-8,18-19H2;1H. The average molecular weight is 346 g/mol. The van der Waals surface area contributed by atoms with E-state index in [1.165, 1.54) is 0 Å². The zero-order valence-corrected chi connectivity index (χ0v) is 13.4. The molecule has 0 amide bonds. The molecule has 0 unspecified atom stereocenters. The van der Waals surface area contributed by atoms with Gasteiger partial charge in [-0.15, -0.1) is 12.4 Å². The van der Waals surface area contributed by atoms with Crippen LogP contribution in [0.3, 0.4) is 0 Å². The third-order valence-electron chi connectivity index (χ3n) is 3.14. The summed E-state index contributed by atoms with van der Waals surface area (Å²) in [6.45, 7) is 0.387. The number of nitrogens with two attached hydrogens (primary N) is 2. The number of carbonyl (C=O) groups excluding carboxylic acids is 1. The van der Waals surface area contributed by atoms with Crippen LogP contribution < -0.4 is 11.5 Å². The summed E-state index contributed by atoms with van der Waals surface area (Å²) in [5.41, 5.74) is 13.6. The Labute approximate surface area is 139 Å². The molecule has 0 aliphatic heterocycles. The van der Waals surface area contributed by atoms with Gasteiger partial charge in [-0.25, -0.2) is 0 Å². The van der Waals surface area contributed by atoms with Crippen LogP contribution in [0.25, 0.3) is 0 Å². The van der Waals surface area contributed by atoms with Crippen molar-refractivity contribution in [3.63, 3.8) is 0 Å². The zero-order chi connectivity index (χ0) is 14.7. The summed E-state index contributed by atoms with van der Waals surface area (Å²) in [6, 6.07) is 10.3. The van der Waals surface area contributed by atoms with Gasteiger partial charge in [-0.2, -0.15) is 0 Å². The van der Waals surface area contributed by atoms with E-state index in [-0.39, 0.29) is 31.3 Å². The van der Waals surface area contributed by atoms with Crippen molar-refractivity contribution >= 4 is 41.4 Å². The SMILES string of the molecule is Cl.NCc1c(Cl)cccc1C(=O)c1cccc(Cl)c1CN. The van der Waals surface area contributed by atoms with E-state index in [1.54, 1.807) is 36.4 Å². The van der Waals surface area contributed by atoms with E-state index < -0.39 is 0 Å². The largest absolute Gasteiger partial charge is 0.326 e. The number of ketones is 1. The Bertz CT molecular complexity index is 604. The molecule has 0 saturated heterocycles. The molecular formula is C15H15Cl3N2O. The molecular weight excluding hydrogens is 331 g/mol. The van der Waals surface area contributed by atoms with Crippen molar-refractivity contribution in [2.24, 2.45) is 11.5 Å². The van der Waals surface area contributed by atoms with Crippen molar-refractivity contribution in [1.29, 1.82) is 0 Å². The van der Waals surface area contributed by atoms with E-state index in [4.69, 9.17) is 34.7 Å². The fourth-order valence-electron chi connectivity index (χ4n) is 2.10. The maximum absolute atomic E-state index is 12.7. The van der Waals surface area contributed by atoms with E-state index in [2.05, 4.69) is 0 Å². The lowest BCUT2D eigenvalue weighted by Gasteiger charge is -2.12. The number of hydrogen-bond donors (Lipinski definition) is 2. The first-order valence-electron chi connectivity index (χ1n) is 6.09. The molecule has 3 nitrogen and oxygen atoms in total. The third kappa shape index (κ3) is 3.57. The highest BCUT2D eigenvalue weighted by Crippen LogP contribution is 2.26. The van der Waals surface area contributed by atoms with Gasteiger partial charge in [0.2, 0.25) is 0 Å². The lowest BCUT2D eigenvalue weighted by Crippen LogP contribution is -2.13. The molecule has 2 aromatic carbocycles. The van der Waals surface area contributed by atoms with Crippen molar-refractivity contribution < 1.29 is 4.79 Å². The van der Waals surface area contributed by atoms with Gasteiger partial charge >= 0.3 is 0 Å². The van der Waals surface area contributed by atoms with Crippen LogP contribution in [-0.4, -0.2) is 5.78 Å². The van der Waals surface area contributed by atoms with Crippen molar-refractivity contribution in [1.82, 2.24) is 0 Å². The Morgan fingerprint density at radius 1 is 0.857 bits per heavy atom. The molecule has 0 aliphatic carbocycles. The fourth-order valence-corrected chi connectivity index (χ4v) is 2.61. The van der Waals surface area contributed by atoms with E-state index in [0.29, 0.717) is 32.3 Å². The summed E-state index contributed by atoms with van der Waals surface area (Å²) < 4.78 is 0. The number of rotatable bonds is 4. The predicted molar refractivity (Wildman–Crippen MR) is 89.4 cm³/mol. The Morgan fingerprint density at radius 3 is 1.57 bits per heavy atom. The van der Waals surface area contributed by atoms with Crippen LogP contribution in [-0.2, 0) is 13.1 Å². The molecule has 4 N–H and O–H groups in total. The van der Waals surface area contributed by atoms with Crippen molar-refractivity contribution in [3.8, 4) is 0 Å². The van der Waals surface area contributed by atoms with E-state index in [9.17, 15) is 4.79 Å². The second kappa shape index (κ2) is 7.78. The van der Waals surface area contributed by atoms with E-state index in [1.807, 2.05) is 0 Å². The maximum atomic E-state index is 12.7. The average Bonchev–Trinajstić information content (AvgIpc) is 2.46. The third-order valence-corrected chi connectivity index (χ3v) is 3.84. The first-order chi connectivity index (χ1) is 9.60. The summed E-state index contributed by atoms with van der Waals surface area (Å²) in [5.74, 6) is -0.170. The Morgan fingerprint density at radius 2 is 1.24 bits per heavy atom. The van der Waals surface area contributed by atoms with Crippen LogP contribution in [0.1, 0.15) is 27.0 Å². The number of benzene rings is 2. The van der Waals surface area contributed by atoms with Gasteiger partial charge in [0, 0.05) is 34.3 Å². The molecule has 0 atom stereocenters. The van der Waals surface area contributed by atoms with E-state index >= 15 is 0 Å². The minimum atomic E-state index is -0.170.